The lowest BCUT2D eigenvalue weighted by Gasteiger charge is -2.29. The zero-order chi connectivity index (χ0) is 17.2. The average molecular weight is 327 g/mol. The molecule has 0 saturated carbocycles. The summed E-state index contributed by atoms with van der Waals surface area (Å²) in [5.41, 5.74) is 0.555. The van der Waals surface area contributed by atoms with Crippen LogP contribution in [0.2, 0.25) is 0 Å². The lowest BCUT2D eigenvalue weighted by Crippen LogP contribution is -2.42. The smallest absolute Gasteiger partial charge is 0.387 e. The number of rotatable bonds is 4. The van der Waals surface area contributed by atoms with E-state index in [1.165, 1.54) is 26.0 Å². The van der Waals surface area contributed by atoms with E-state index in [1.54, 1.807) is 13.0 Å². The molecule has 23 heavy (non-hydrogen) atoms. The van der Waals surface area contributed by atoms with Gasteiger partial charge in [-0.3, -0.25) is 0 Å². The molecular weight excluding hydrogens is 312 g/mol. The highest BCUT2D eigenvalue weighted by molar-refractivity contribution is 6.15. The third-order valence-electron chi connectivity index (χ3n) is 2.84. The van der Waals surface area contributed by atoms with Gasteiger partial charge in [0.05, 0.1) is 5.69 Å². The number of carbonyl (C=O) groups is 2. The minimum absolute atomic E-state index is 0.125. The molecule has 1 aliphatic heterocycles. The van der Waals surface area contributed by atoms with Crippen molar-refractivity contribution in [2.75, 3.05) is 5.32 Å². The van der Waals surface area contributed by atoms with Crippen LogP contribution in [0.4, 0.5) is 14.5 Å². The van der Waals surface area contributed by atoms with Crippen LogP contribution in [-0.4, -0.2) is 24.3 Å². The SMILES string of the molecule is Cc1ccc(OC(F)F)c(NC=C2C(=O)OC(C)(C)OC2=O)c1. The molecule has 6 nitrogen and oxygen atoms in total. The van der Waals surface area contributed by atoms with Gasteiger partial charge in [0.2, 0.25) is 0 Å². The predicted octanol–water partition coefficient (Wildman–Crippen LogP) is 2.73. The molecule has 1 N–H and O–H groups in total. The summed E-state index contributed by atoms with van der Waals surface area (Å²) in [4.78, 5) is 23.6. The molecule has 0 radical (unpaired) electrons. The summed E-state index contributed by atoms with van der Waals surface area (Å²) >= 11 is 0. The van der Waals surface area contributed by atoms with Crippen LogP contribution in [0, 0.1) is 6.92 Å². The van der Waals surface area contributed by atoms with Gasteiger partial charge < -0.3 is 19.5 Å². The summed E-state index contributed by atoms with van der Waals surface area (Å²) in [7, 11) is 0. The number of hydrogen-bond acceptors (Lipinski definition) is 6. The van der Waals surface area contributed by atoms with Gasteiger partial charge in [0.15, 0.2) is 5.57 Å². The Morgan fingerprint density at radius 1 is 1.22 bits per heavy atom. The Morgan fingerprint density at radius 3 is 2.39 bits per heavy atom. The Bertz CT molecular complexity index is 648. The van der Waals surface area contributed by atoms with Gasteiger partial charge in [-0.25, -0.2) is 9.59 Å². The molecule has 2 rings (SSSR count). The van der Waals surface area contributed by atoms with Crippen molar-refractivity contribution in [3.05, 3.63) is 35.5 Å². The third kappa shape index (κ3) is 4.18. The number of esters is 2. The summed E-state index contributed by atoms with van der Waals surface area (Å²) in [6.07, 6.45) is 1.03. The standard InChI is InChI=1S/C15H15F2NO5/c1-8-4-5-11(21-14(16)17)10(6-8)18-7-9-12(19)22-15(2,3)23-13(9)20/h4-7,14,18H,1-3H3. The molecule has 1 fully saturated rings. The van der Waals surface area contributed by atoms with Crippen molar-refractivity contribution < 1.29 is 32.6 Å². The highest BCUT2D eigenvalue weighted by Crippen LogP contribution is 2.28. The number of halogens is 2. The monoisotopic (exact) mass is 327 g/mol. The topological polar surface area (TPSA) is 73.9 Å². The number of alkyl halides is 2. The van der Waals surface area contributed by atoms with Gasteiger partial charge in [0.25, 0.3) is 5.79 Å². The maximum atomic E-state index is 12.4. The zero-order valence-corrected chi connectivity index (χ0v) is 12.7. The first-order chi connectivity index (χ1) is 10.7. The molecule has 1 saturated heterocycles. The Kier molecular flexibility index (Phi) is 4.53. The number of anilines is 1. The van der Waals surface area contributed by atoms with E-state index >= 15 is 0 Å². The first kappa shape index (κ1) is 16.7. The summed E-state index contributed by atoms with van der Waals surface area (Å²) in [5.74, 6) is -3.22. The Hall–Kier alpha value is -2.64. The van der Waals surface area contributed by atoms with Crippen molar-refractivity contribution in [1.82, 2.24) is 0 Å². The molecule has 1 aromatic rings. The molecule has 1 aromatic carbocycles. The van der Waals surface area contributed by atoms with E-state index in [1.807, 2.05) is 0 Å². The molecule has 0 spiro atoms. The number of benzene rings is 1. The maximum Gasteiger partial charge on any atom is 0.387 e. The summed E-state index contributed by atoms with van der Waals surface area (Å²) in [6, 6.07) is 4.46. The molecule has 124 valence electrons. The normalized spacial score (nSPS) is 16.7. The van der Waals surface area contributed by atoms with E-state index in [0.717, 1.165) is 11.8 Å². The van der Waals surface area contributed by atoms with Crippen LogP contribution >= 0.6 is 0 Å². The summed E-state index contributed by atoms with van der Waals surface area (Å²) < 4.78 is 39.0. The second kappa shape index (κ2) is 6.23. The number of carbonyl (C=O) groups excluding carboxylic acids is 2. The van der Waals surface area contributed by atoms with Crippen molar-refractivity contribution in [1.29, 1.82) is 0 Å². The molecule has 0 atom stereocenters. The molecule has 0 aromatic heterocycles. The number of hydrogen-bond donors (Lipinski definition) is 1. The van der Waals surface area contributed by atoms with Gasteiger partial charge in [0, 0.05) is 20.0 Å². The van der Waals surface area contributed by atoms with Crippen LogP contribution in [0.5, 0.6) is 5.75 Å². The minimum Gasteiger partial charge on any atom is -0.433 e. The van der Waals surface area contributed by atoms with Crippen LogP contribution in [-0.2, 0) is 19.1 Å². The maximum absolute atomic E-state index is 12.4. The van der Waals surface area contributed by atoms with Crippen molar-refractivity contribution in [3.63, 3.8) is 0 Å². The summed E-state index contributed by atoms with van der Waals surface area (Å²) in [5, 5.41) is 2.60. The second-order valence-electron chi connectivity index (χ2n) is 5.26. The zero-order valence-electron chi connectivity index (χ0n) is 12.7. The lowest BCUT2D eigenvalue weighted by atomic mass is 10.2. The average Bonchev–Trinajstić information content (AvgIpc) is 2.38. The lowest BCUT2D eigenvalue weighted by molar-refractivity contribution is -0.222. The van der Waals surface area contributed by atoms with E-state index in [4.69, 9.17) is 9.47 Å². The Balaban J connectivity index is 2.24. The van der Waals surface area contributed by atoms with E-state index in [2.05, 4.69) is 10.1 Å². The second-order valence-corrected chi connectivity index (χ2v) is 5.26. The van der Waals surface area contributed by atoms with E-state index in [-0.39, 0.29) is 17.0 Å². The summed E-state index contributed by atoms with van der Waals surface area (Å²) in [6.45, 7) is 1.58. The van der Waals surface area contributed by atoms with Crippen LogP contribution in [0.3, 0.4) is 0 Å². The molecule has 0 bridgehead atoms. The fourth-order valence-corrected chi connectivity index (χ4v) is 1.88. The van der Waals surface area contributed by atoms with E-state index in [9.17, 15) is 18.4 Å². The van der Waals surface area contributed by atoms with E-state index in [0.29, 0.717) is 0 Å². The molecule has 0 amide bonds. The van der Waals surface area contributed by atoms with Gasteiger partial charge in [-0.15, -0.1) is 0 Å². The first-order valence-corrected chi connectivity index (χ1v) is 6.67. The quantitative estimate of drug-likeness (QED) is 0.521. The fourth-order valence-electron chi connectivity index (χ4n) is 1.88. The van der Waals surface area contributed by atoms with Crippen molar-refractivity contribution in [2.24, 2.45) is 0 Å². The molecule has 8 heteroatoms. The van der Waals surface area contributed by atoms with Crippen molar-refractivity contribution >= 4 is 17.6 Å². The van der Waals surface area contributed by atoms with Crippen LogP contribution in [0.25, 0.3) is 0 Å². The fraction of sp³-hybridized carbons (Fsp3) is 0.333. The third-order valence-corrected chi connectivity index (χ3v) is 2.84. The number of aryl methyl sites for hydroxylation is 1. The predicted molar refractivity (Wildman–Crippen MR) is 75.8 cm³/mol. The molecule has 0 unspecified atom stereocenters. The van der Waals surface area contributed by atoms with Gasteiger partial charge in [-0.2, -0.15) is 8.78 Å². The first-order valence-electron chi connectivity index (χ1n) is 6.67. The number of ether oxygens (including phenoxy) is 3. The minimum atomic E-state index is -3.00. The van der Waals surface area contributed by atoms with Gasteiger partial charge >= 0.3 is 18.6 Å². The van der Waals surface area contributed by atoms with Crippen molar-refractivity contribution in [3.8, 4) is 5.75 Å². The van der Waals surface area contributed by atoms with Crippen LogP contribution < -0.4 is 10.1 Å². The van der Waals surface area contributed by atoms with Crippen LogP contribution in [0.1, 0.15) is 19.4 Å². The number of cyclic esters (lactones) is 2. The molecule has 1 aliphatic rings. The highest BCUT2D eigenvalue weighted by Gasteiger charge is 2.39. The number of nitrogens with one attached hydrogen (secondary N) is 1. The van der Waals surface area contributed by atoms with Crippen LogP contribution in [0.15, 0.2) is 30.0 Å². The van der Waals surface area contributed by atoms with E-state index < -0.39 is 24.3 Å². The van der Waals surface area contributed by atoms with Gasteiger partial charge in [-0.05, 0) is 24.6 Å². The molecular formula is C15H15F2NO5. The molecule has 1 heterocycles. The van der Waals surface area contributed by atoms with Gasteiger partial charge in [0.1, 0.15) is 5.75 Å². The Morgan fingerprint density at radius 2 is 1.83 bits per heavy atom. The highest BCUT2D eigenvalue weighted by atomic mass is 19.3. The van der Waals surface area contributed by atoms with Gasteiger partial charge in [-0.1, -0.05) is 6.07 Å². The molecule has 0 aliphatic carbocycles. The Labute approximate surface area is 131 Å². The van der Waals surface area contributed by atoms with Crippen molar-refractivity contribution in [2.45, 2.75) is 33.2 Å². The largest absolute Gasteiger partial charge is 0.433 e.